The van der Waals surface area contributed by atoms with Crippen LogP contribution in [0.15, 0.2) is 12.1 Å². The van der Waals surface area contributed by atoms with Gasteiger partial charge in [-0.05, 0) is 31.9 Å². The second-order valence-corrected chi connectivity index (χ2v) is 6.39. The molecule has 1 aromatic carbocycles. The summed E-state index contributed by atoms with van der Waals surface area (Å²) in [6, 6.07) is 3.36. The molecular formula is C18H27FN2OS. The second-order valence-electron chi connectivity index (χ2n) is 5.38. The molecule has 3 heterocycles. The summed E-state index contributed by atoms with van der Waals surface area (Å²) < 4.78 is 20.5. The topological polar surface area (TPSA) is 25.4 Å². The van der Waals surface area contributed by atoms with Crippen LogP contribution >= 0.6 is 11.3 Å². The fourth-order valence-corrected chi connectivity index (χ4v) is 4.04. The van der Waals surface area contributed by atoms with Gasteiger partial charge >= 0.3 is 0 Å². The zero-order valence-electron chi connectivity index (χ0n) is 14.7. The number of halogens is 1. The maximum absolute atomic E-state index is 13.6. The Morgan fingerprint density at radius 2 is 1.74 bits per heavy atom. The summed E-state index contributed by atoms with van der Waals surface area (Å²) in [5.74, 6) is -0.175. The molecule has 5 heteroatoms. The highest BCUT2D eigenvalue weighted by Crippen LogP contribution is 2.35. The first-order valence-corrected chi connectivity index (χ1v) is 9.48. The minimum atomic E-state index is -0.175. The lowest BCUT2D eigenvalue weighted by molar-refractivity contribution is 0.0305. The molecule has 0 spiro atoms. The Hall–Kier alpha value is -1.20. The second kappa shape index (κ2) is 8.06. The first kappa shape index (κ1) is 18.1. The van der Waals surface area contributed by atoms with Crippen molar-refractivity contribution < 1.29 is 9.13 Å². The molecule has 0 amide bonds. The van der Waals surface area contributed by atoms with Gasteiger partial charge in [0.1, 0.15) is 5.82 Å². The van der Waals surface area contributed by atoms with Crippen LogP contribution in [-0.2, 0) is 4.74 Å². The monoisotopic (exact) mass is 338 g/mol. The Labute approximate surface area is 142 Å². The van der Waals surface area contributed by atoms with Crippen molar-refractivity contribution in [3.8, 4) is 0 Å². The van der Waals surface area contributed by atoms with Gasteiger partial charge in [0.15, 0.2) is 5.13 Å². The van der Waals surface area contributed by atoms with E-state index in [1.807, 2.05) is 33.8 Å². The molecule has 2 unspecified atom stereocenters. The predicted octanol–water partition coefficient (Wildman–Crippen LogP) is 5.16. The van der Waals surface area contributed by atoms with Crippen LogP contribution in [0.5, 0.6) is 0 Å². The number of hydrogen-bond acceptors (Lipinski definition) is 4. The molecule has 0 saturated carbocycles. The van der Waals surface area contributed by atoms with E-state index in [0.717, 1.165) is 41.3 Å². The molecule has 2 saturated heterocycles. The van der Waals surface area contributed by atoms with Crippen molar-refractivity contribution >= 4 is 26.7 Å². The molecule has 1 aromatic heterocycles. The summed E-state index contributed by atoms with van der Waals surface area (Å²) in [6.45, 7) is 11.6. The van der Waals surface area contributed by atoms with Gasteiger partial charge in [-0.25, -0.2) is 9.37 Å². The van der Waals surface area contributed by atoms with Gasteiger partial charge in [0, 0.05) is 18.7 Å². The van der Waals surface area contributed by atoms with Crippen molar-refractivity contribution in [2.45, 2.75) is 59.7 Å². The van der Waals surface area contributed by atoms with Crippen LogP contribution in [0.1, 0.15) is 46.1 Å². The summed E-state index contributed by atoms with van der Waals surface area (Å²) in [5.41, 5.74) is 1.45. The van der Waals surface area contributed by atoms with Gasteiger partial charge in [-0.1, -0.05) is 39.0 Å². The number of thiazole rings is 1. The van der Waals surface area contributed by atoms with Crippen LogP contribution in [0.3, 0.4) is 0 Å². The van der Waals surface area contributed by atoms with E-state index >= 15 is 0 Å². The minimum absolute atomic E-state index is 0.175. The molecule has 128 valence electrons. The first-order chi connectivity index (χ1) is 11.2. The van der Waals surface area contributed by atoms with Gasteiger partial charge < -0.3 is 9.64 Å². The van der Waals surface area contributed by atoms with Gasteiger partial charge in [0.25, 0.3) is 0 Å². The molecule has 3 nitrogen and oxygen atoms in total. The van der Waals surface area contributed by atoms with E-state index in [1.165, 1.54) is 6.07 Å². The highest BCUT2D eigenvalue weighted by molar-refractivity contribution is 7.22. The summed E-state index contributed by atoms with van der Waals surface area (Å²) in [5, 5.41) is 1.00. The van der Waals surface area contributed by atoms with Gasteiger partial charge in [0.05, 0.1) is 22.4 Å². The molecule has 0 radical (unpaired) electrons. The van der Waals surface area contributed by atoms with Crippen molar-refractivity contribution in [1.82, 2.24) is 4.98 Å². The lowest BCUT2D eigenvalue weighted by Gasteiger charge is -2.31. The van der Waals surface area contributed by atoms with Gasteiger partial charge in [0.2, 0.25) is 0 Å². The molecule has 0 aliphatic carbocycles. The summed E-state index contributed by atoms with van der Waals surface area (Å²) in [6.07, 6.45) is 3.01. The molecule has 2 aromatic rings. The third-order valence-corrected chi connectivity index (χ3v) is 5.13. The van der Waals surface area contributed by atoms with Crippen molar-refractivity contribution in [2.24, 2.45) is 0 Å². The number of ether oxygens (including phenoxy) is 1. The Bertz CT molecular complexity index is 631. The highest BCUT2D eigenvalue weighted by Gasteiger charge is 2.34. The fourth-order valence-electron chi connectivity index (χ4n) is 3.00. The Kier molecular flexibility index (Phi) is 6.36. The van der Waals surface area contributed by atoms with E-state index in [1.54, 1.807) is 18.3 Å². The van der Waals surface area contributed by atoms with Gasteiger partial charge in [-0.15, -0.1) is 0 Å². The third-order valence-electron chi connectivity index (χ3n) is 4.05. The number of fused-ring (bicyclic) bond motifs is 3. The van der Waals surface area contributed by atoms with E-state index < -0.39 is 0 Å². The number of benzene rings is 1. The average molecular weight is 338 g/mol. The first-order valence-electron chi connectivity index (χ1n) is 8.67. The van der Waals surface area contributed by atoms with Crippen LogP contribution < -0.4 is 4.90 Å². The largest absolute Gasteiger partial charge is 0.371 e. The number of anilines is 1. The van der Waals surface area contributed by atoms with Gasteiger partial charge in [-0.2, -0.15) is 0 Å². The fraction of sp³-hybridized carbons (Fsp3) is 0.611. The third kappa shape index (κ3) is 3.66. The van der Waals surface area contributed by atoms with E-state index in [9.17, 15) is 4.39 Å². The van der Waals surface area contributed by atoms with Gasteiger partial charge in [-0.3, -0.25) is 0 Å². The van der Waals surface area contributed by atoms with E-state index in [0.29, 0.717) is 17.8 Å². The quantitative estimate of drug-likeness (QED) is 0.718. The predicted molar refractivity (Wildman–Crippen MR) is 97.1 cm³/mol. The molecule has 0 N–H and O–H groups in total. The Balaban J connectivity index is 0.000000448. The molecule has 2 aliphatic heterocycles. The van der Waals surface area contributed by atoms with Crippen molar-refractivity contribution in [3.63, 3.8) is 0 Å². The average Bonchev–Trinajstić information content (AvgIpc) is 3.18. The molecule has 4 rings (SSSR count). The van der Waals surface area contributed by atoms with E-state index in [4.69, 9.17) is 4.74 Å². The number of nitrogens with zero attached hydrogens (tertiary/aromatic N) is 2. The number of aryl methyl sites for hydroxylation is 1. The smallest absolute Gasteiger partial charge is 0.186 e. The summed E-state index contributed by atoms with van der Waals surface area (Å²) >= 11 is 1.65. The SMILES string of the molecule is CC.CC.Cc1c(F)ccc2sc(N3CC4CCC(C3)O4)nc12. The number of rotatable bonds is 1. The van der Waals surface area contributed by atoms with E-state index in [-0.39, 0.29) is 5.82 Å². The number of morpholine rings is 1. The summed E-state index contributed by atoms with van der Waals surface area (Å²) in [7, 11) is 0. The standard InChI is InChI=1S/C14H15FN2OS.2C2H6/c1-8-11(15)4-5-12-13(8)16-14(19-12)17-6-9-2-3-10(7-17)18-9;2*1-2/h4-5,9-10H,2-3,6-7H2,1H3;2*1-2H3. The Morgan fingerprint density at radius 1 is 1.13 bits per heavy atom. The number of hydrogen-bond donors (Lipinski definition) is 0. The molecular weight excluding hydrogens is 311 g/mol. The van der Waals surface area contributed by atoms with Crippen molar-refractivity contribution in [3.05, 3.63) is 23.5 Å². The zero-order chi connectivity index (χ0) is 17.0. The highest BCUT2D eigenvalue weighted by atomic mass is 32.1. The number of aromatic nitrogens is 1. The lowest BCUT2D eigenvalue weighted by atomic mass is 10.2. The molecule has 2 atom stereocenters. The molecule has 2 bridgehead atoms. The lowest BCUT2D eigenvalue weighted by Crippen LogP contribution is -2.42. The maximum Gasteiger partial charge on any atom is 0.186 e. The van der Waals surface area contributed by atoms with Crippen LogP contribution in [0.2, 0.25) is 0 Å². The summed E-state index contributed by atoms with van der Waals surface area (Å²) in [4.78, 5) is 6.94. The Morgan fingerprint density at radius 3 is 2.35 bits per heavy atom. The van der Waals surface area contributed by atoms with Crippen molar-refractivity contribution in [2.75, 3.05) is 18.0 Å². The van der Waals surface area contributed by atoms with E-state index in [2.05, 4.69) is 9.88 Å². The van der Waals surface area contributed by atoms with Crippen LogP contribution in [0, 0.1) is 12.7 Å². The van der Waals surface area contributed by atoms with Crippen LogP contribution in [0.4, 0.5) is 9.52 Å². The minimum Gasteiger partial charge on any atom is -0.371 e. The van der Waals surface area contributed by atoms with Crippen LogP contribution in [-0.4, -0.2) is 30.3 Å². The normalized spacial score (nSPS) is 22.3. The van der Waals surface area contributed by atoms with Crippen LogP contribution in [0.25, 0.3) is 10.2 Å². The molecule has 2 aliphatic rings. The molecule has 2 fully saturated rings. The van der Waals surface area contributed by atoms with Crippen molar-refractivity contribution in [1.29, 1.82) is 0 Å². The molecule has 23 heavy (non-hydrogen) atoms. The zero-order valence-corrected chi connectivity index (χ0v) is 15.5. The maximum atomic E-state index is 13.6.